The lowest BCUT2D eigenvalue weighted by Gasteiger charge is -2.34. The Balaban J connectivity index is 1.39. The number of halogens is 3. The molecule has 1 unspecified atom stereocenters. The van der Waals surface area contributed by atoms with Gasteiger partial charge in [0, 0.05) is 20.6 Å². The monoisotopic (exact) mass is 828 g/mol. The molecule has 0 bridgehead atoms. The van der Waals surface area contributed by atoms with Crippen molar-refractivity contribution < 1.29 is 63.2 Å². The Labute approximate surface area is 337 Å². The van der Waals surface area contributed by atoms with E-state index >= 15 is 0 Å². The molecule has 2 aromatic rings. The maximum absolute atomic E-state index is 14.9. The van der Waals surface area contributed by atoms with E-state index in [0.29, 0.717) is 36.5 Å². The Bertz CT molecular complexity index is 2240. The number of carbonyl (C=O) groups excluding carboxylic acids is 4. The van der Waals surface area contributed by atoms with E-state index in [9.17, 15) is 40.8 Å². The van der Waals surface area contributed by atoms with Gasteiger partial charge in [-0.15, -0.1) is 10.2 Å². The predicted molar refractivity (Wildman–Crippen MR) is 199 cm³/mol. The van der Waals surface area contributed by atoms with Gasteiger partial charge in [-0.3, -0.25) is 19.1 Å². The van der Waals surface area contributed by atoms with E-state index in [1.165, 1.54) is 21.0 Å². The van der Waals surface area contributed by atoms with E-state index in [2.05, 4.69) is 25.0 Å². The summed E-state index contributed by atoms with van der Waals surface area (Å²) in [5, 5.41) is 13.8. The first-order chi connectivity index (χ1) is 29.1. The van der Waals surface area contributed by atoms with Crippen molar-refractivity contribution in [1.82, 2.24) is 30.5 Å². The van der Waals surface area contributed by atoms with Crippen LogP contribution in [0.3, 0.4) is 0 Å². The lowest BCUT2D eigenvalue weighted by Crippen LogP contribution is -2.59. The summed E-state index contributed by atoms with van der Waals surface area (Å²) in [5.74, 6) is -4.75. The van der Waals surface area contributed by atoms with E-state index < -0.39 is 106 Å². The van der Waals surface area contributed by atoms with Crippen molar-refractivity contribution in [2.24, 2.45) is 17.8 Å². The van der Waals surface area contributed by atoms with Crippen LogP contribution in [0.25, 0.3) is 10.8 Å². The van der Waals surface area contributed by atoms with Gasteiger partial charge in [-0.2, -0.15) is 13.2 Å². The number of ether oxygens (including phenoxy) is 3. The van der Waals surface area contributed by atoms with Gasteiger partial charge >= 0.3 is 12.3 Å². The van der Waals surface area contributed by atoms with Gasteiger partial charge in [0.2, 0.25) is 39.2 Å². The standard InChI is InChI=1S/C38H49F3N6O9S/c1-21-11-7-8-12-23-19-37(23,33(50)46-57(52,53)36(5)15-16-36)43-29(48)27-18-24(55-31-26-14-10-9-13-25(26)30(54-6)44-45-31)20-47(27)32(49)28(22(2)17-21)42-34(51)56-35(3,4)38(39,40)41/h8-10,12-14,21-24,27-28H,7,11,15-20H2,1-6H3,(H,42,51)(H,43,48)(H,46,50)/b12-8-/t21-,22-,23?,24-,27+,28+,37-/m1/s1/i3D3,4D3. The Morgan fingerprint density at radius 1 is 1.07 bits per heavy atom. The van der Waals surface area contributed by atoms with Crippen molar-refractivity contribution >= 4 is 44.6 Å². The lowest BCUT2D eigenvalue weighted by molar-refractivity contribution is -0.244. The number of rotatable bonds is 8. The van der Waals surface area contributed by atoms with E-state index in [4.69, 9.17) is 17.7 Å². The van der Waals surface area contributed by atoms with Crippen LogP contribution in [-0.2, 0) is 29.1 Å². The minimum Gasteiger partial charge on any atom is -0.479 e. The molecular weight excluding hydrogens is 774 g/mol. The van der Waals surface area contributed by atoms with Gasteiger partial charge in [0.15, 0.2) is 0 Å². The van der Waals surface area contributed by atoms with Crippen LogP contribution in [0.5, 0.6) is 11.8 Å². The summed E-state index contributed by atoms with van der Waals surface area (Å²) >= 11 is 0. The number of nitrogens with one attached hydrogen (secondary N) is 3. The van der Waals surface area contributed by atoms with E-state index in [0.717, 1.165) is 4.90 Å². The summed E-state index contributed by atoms with van der Waals surface area (Å²) in [5.41, 5.74) is -6.79. The summed E-state index contributed by atoms with van der Waals surface area (Å²) in [4.78, 5) is 57.9. The second-order valence-corrected chi connectivity index (χ2v) is 17.9. The molecule has 19 heteroatoms. The molecule has 0 radical (unpaired) electrons. The molecule has 312 valence electrons. The predicted octanol–water partition coefficient (Wildman–Crippen LogP) is 4.31. The Morgan fingerprint density at radius 2 is 1.74 bits per heavy atom. The quantitative estimate of drug-likeness (QED) is 0.321. The third kappa shape index (κ3) is 8.48. The molecule has 4 amide bonds. The highest BCUT2D eigenvalue weighted by Crippen LogP contribution is 2.48. The number of nitrogens with zero attached hydrogens (tertiary/aromatic N) is 3. The number of alkyl halides is 3. The molecule has 1 saturated heterocycles. The summed E-state index contributed by atoms with van der Waals surface area (Å²) in [6.07, 6.45) is -4.66. The highest BCUT2D eigenvalue weighted by molar-refractivity contribution is 7.91. The molecular formula is C38H49F3N6O9S. The first-order valence-corrected chi connectivity index (χ1v) is 20.0. The normalized spacial score (nSPS) is 31.7. The second-order valence-electron chi connectivity index (χ2n) is 15.7. The average molecular weight is 829 g/mol. The van der Waals surface area contributed by atoms with Crippen LogP contribution in [0.1, 0.15) is 87.6 Å². The van der Waals surface area contributed by atoms with Crippen molar-refractivity contribution in [3.05, 3.63) is 36.4 Å². The number of allylic oxidation sites excluding steroid dienone is 1. The lowest BCUT2D eigenvalue weighted by atomic mass is 9.88. The zero-order chi connectivity index (χ0) is 46.7. The third-order valence-corrected chi connectivity index (χ3v) is 13.4. The largest absolute Gasteiger partial charge is 0.479 e. The van der Waals surface area contributed by atoms with E-state index in [1.54, 1.807) is 43.3 Å². The number of fused-ring (bicyclic) bond motifs is 3. The number of aromatic nitrogens is 2. The van der Waals surface area contributed by atoms with Crippen molar-refractivity contribution in [3.8, 4) is 11.8 Å². The van der Waals surface area contributed by atoms with Gasteiger partial charge in [-0.1, -0.05) is 38.1 Å². The maximum atomic E-state index is 14.9. The highest BCUT2D eigenvalue weighted by Gasteiger charge is 2.63. The fourth-order valence-electron chi connectivity index (χ4n) is 7.40. The molecule has 2 saturated carbocycles. The third-order valence-electron chi connectivity index (χ3n) is 11.3. The number of amides is 4. The van der Waals surface area contributed by atoms with Gasteiger partial charge in [-0.25, -0.2) is 13.2 Å². The molecule has 3 N–H and O–H groups in total. The van der Waals surface area contributed by atoms with Crippen LogP contribution >= 0.6 is 0 Å². The van der Waals surface area contributed by atoms with Gasteiger partial charge in [-0.05, 0) is 83.1 Å². The Morgan fingerprint density at radius 3 is 2.37 bits per heavy atom. The number of hydrogen-bond acceptors (Lipinski definition) is 11. The van der Waals surface area contributed by atoms with Gasteiger partial charge in [0.25, 0.3) is 5.91 Å². The molecule has 3 fully saturated rings. The Hall–Kier alpha value is -4.68. The van der Waals surface area contributed by atoms with Crippen LogP contribution in [-0.4, -0.2) is 101 Å². The first-order valence-electron chi connectivity index (χ1n) is 21.5. The summed E-state index contributed by atoms with van der Waals surface area (Å²) in [6.45, 7) is -4.61. The van der Waals surface area contributed by atoms with Crippen LogP contribution < -0.4 is 24.8 Å². The second kappa shape index (κ2) is 15.2. The summed E-state index contributed by atoms with van der Waals surface area (Å²) in [7, 11) is -2.79. The van der Waals surface area contributed by atoms with Crippen molar-refractivity contribution in [2.75, 3.05) is 13.7 Å². The molecule has 0 spiro atoms. The minimum atomic E-state index is -6.16. The average Bonchev–Trinajstić information content (AvgIpc) is 4.06. The van der Waals surface area contributed by atoms with Crippen molar-refractivity contribution in [3.63, 3.8) is 0 Å². The smallest absolute Gasteiger partial charge is 0.427 e. The number of sulfonamides is 1. The molecule has 15 nitrogen and oxygen atoms in total. The van der Waals surface area contributed by atoms with Gasteiger partial charge in [0.1, 0.15) is 23.7 Å². The van der Waals surface area contributed by atoms with Crippen molar-refractivity contribution in [1.29, 1.82) is 0 Å². The fraction of sp³-hybridized carbons (Fsp3) is 0.632. The SMILES string of the molecule is [2H]C([2H])([2H])C(OC(=O)N[C@@H]1C(=O)N2C[C@H](Oc3nnc(OC)c4ccccc34)C[C@H]2C(=O)N[C@]2(C(=O)NS(=O)(=O)C3(C)CC3)CC2/C=C\CC[C@@H](C)C[C@H]1C)(C([2H])([2H])[2H])C(F)(F)F. The summed E-state index contributed by atoms with van der Waals surface area (Å²) < 4.78 is 132. The zero-order valence-electron chi connectivity index (χ0n) is 37.6. The molecule has 3 heterocycles. The Kier molecular flexibility index (Phi) is 9.19. The van der Waals surface area contributed by atoms with Crippen LogP contribution in [0.4, 0.5) is 18.0 Å². The van der Waals surface area contributed by atoms with Gasteiger partial charge < -0.3 is 29.7 Å². The zero-order valence-corrected chi connectivity index (χ0v) is 32.5. The van der Waals surface area contributed by atoms with Gasteiger partial charge in [0.05, 0.1) is 29.2 Å². The maximum Gasteiger partial charge on any atom is 0.427 e. The molecule has 2 aliphatic carbocycles. The van der Waals surface area contributed by atoms with Crippen LogP contribution in [0, 0.1) is 17.8 Å². The number of carbonyl (C=O) groups is 4. The van der Waals surface area contributed by atoms with Crippen molar-refractivity contribution in [2.45, 2.75) is 120 Å². The van der Waals surface area contributed by atoms with E-state index in [1.807, 2.05) is 5.32 Å². The number of hydrogen-bond donors (Lipinski definition) is 3. The molecule has 2 aliphatic heterocycles. The van der Waals surface area contributed by atoms with Crippen LogP contribution in [0.2, 0.25) is 0 Å². The molecule has 57 heavy (non-hydrogen) atoms. The molecule has 6 rings (SSSR count). The molecule has 1 aromatic carbocycles. The van der Waals surface area contributed by atoms with Crippen LogP contribution in [0.15, 0.2) is 36.4 Å². The summed E-state index contributed by atoms with van der Waals surface area (Å²) in [6, 6.07) is 3.34. The topological polar surface area (TPSA) is 195 Å². The highest BCUT2D eigenvalue weighted by atomic mass is 32.2. The number of benzene rings is 1. The number of methoxy groups -OCH3 is 1. The fourth-order valence-corrected chi connectivity index (χ4v) is 8.71. The number of alkyl carbamates (subject to hydrolysis) is 1. The first kappa shape index (κ1) is 34.4. The minimum absolute atomic E-state index is 0.00211. The molecule has 4 aliphatic rings. The van der Waals surface area contributed by atoms with E-state index in [-0.39, 0.29) is 36.9 Å². The molecule has 7 atom stereocenters. The molecule has 1 aromatic heterocycles.